The Morgan fingerprint density at radius 1 is 0.500 bits per heavy atom. The van der Waals surface area contributed by atoms with Crippen LogP contribution in [0.15, 0.2) is 36.4 Å². The van der Waals surface area contributed by atoms with Gasteiger partial charge in [0.2, 0.25) is 0 Å². The van der Waals surface area contributed by atoms with E-state index in [0.29, 0.717) is 23.0 Å². The Labute approximate surface area is 190 Å². The van der Waals surface area contributed by atoms with Gasteiger partial charge in [0.25, 0.3) is 0 Å². The molecule has 2 aromatic rings. The summed E-state index contributed by atoms with van der Waals surface area (Å²) in [5.74, 6) is 2.41. The van der Waals surface area contributed by atoms with Crippen LogP contribution in [0.3, 0.4) is 0 Å². The zero-order chi connectivity index (χ0) is 23.1. The fourth-order valence-electron chi connectivity index (χ4n) is 3.95. The first-order chi connectivity index (χ1) is 14.8. The lowest BCUT2D eigenvalue weighted by molar-refractivity contribution is 0.00578. The Morgan fingerprint density at radius 3 is 1.12 bits per heavy atom. The minimum Gasteiger partial charge on any atom is -0.450 e. The molecular weight excluding hydrogens is 406 g/mol. The molecule has 0 bridgehead atoms. The van der Waals surface area contributed by atoms with Crippen molar-refractivity contribution in [2.75, 3.05) is 0 Å². The fourth-order valence-corrected chi connectivity index (χ4v) is 3.95. The van der Waals surface area contributed by atoms with Crippen LogP contribution in [0.5, 0.6) is 23.0 Å². The monoisotopic (exact) mass is 436 g/mol. The number of rotatable bonds is 2. The molecule has 3 aliphatic rings. The lowest BCUT2D eigenvalue weighted by Crippen LogP contribution is -2.41. The van der Waals surface area contributed by atoms with E-state index in [-0.39, 0.29) is 0 Å². The van der Waals surface area contributed by atoms with Gasteiger partial charge < -0.3 is 28.1 Å². The van der Waals surface area contributed by atoms with Crippen LogP contribution < -0.4 is 20.4 Å². The maximum absolute atomic E-state index is 6.37. The van der Waals surface area contributed by atoms with Gasteiger partial charge in [0.15, 0.2) is 23.0 Å². The molecular formula is C24H30B2O6. The first-order valence-electron chi connectivity index (χ1n) is 11.1. The first-order valence-corrected chi connectivity index (χ1v) is 11.1. The summed E-state index contributed by atoms with van der Waals surface area (Å²) in [7, 11) is -1.18. The second-order valence-corrected chi connectivity index (χ2v) is 10.7. The van der Waals surface area contributed by atoms with Crippen molar-refractivity contribution in [3.63, 3.8) is 0 Å². The van der Waals surface area contributed by atoms with Crippen molar-refractivity contribution in [1.82, 2.24) is 0 Å². The van der Waals surface area contributed by atoms with Crippen LogP contribution in [0.4, 0.5) is 0 Å². The van der Waals surface area contributed by atoms with Crippen molar-refractivity contribution < 1.29 is 28.1 Å². The molecule has 0 aliphatic carbocycles. The van der Waals surface area contributed by atoms with Gasteiger partial charge >= 0.3 is 14.2 Å². The van der Waals surface area contributed by atoms with E-state index in [0.717, 1.165) is 10.9 Å². The molecule has 0 N–H and O–H groups in total. The highest BCUT2D eigenvalue weighted by atomic mass is 16.7. The van der Waals surface area contributed by atoms with Gasteiger partial charge in [-0.1, -0.05) is 24.3 Å². The molecule has 32 heavy (non-hydrogen) atoms. The molecule has 3 heterocycles. The van der Waals surface area contributed by atoms with Gasteiger partial charge in [-0.05, 0) is 67.5 Å². The van der Waals surface area contributed by atoms with Crippen LogP contribution in [-0.4, -0.2) is 36.6 Å². The highest BCUT2D eigenvalue weighted by molar-refractivity contribution is 6.66. The summed E-state index contributed by atoms with van der Waals surface area (Å²) in [6.45, 7) is 16.3. The summed E-state index contributed by atoms with van der Waals surface area (Å²) < 4.78 is 38.0. The number of para-hydroxylation sites is 2. The maximum atomic E-state index is 6.37. The third-order valence-electron chi connectivity index (χ3n) is 7.46. The van der Waals surface area contributed by atoms with Gasteiger partial charge in [0.1, 0.15) is 0 Å². The van der Waals surface area contributed by atoms with Crippen molar-refractivity contribution in [3.05, 3.63) is 36.4 Å². The normalized spacial score (nSPS) is 23.9. The largest absolute Gasteiger partial charge is 0.498 e. The van der Waals surface area contributed by atoms with Crippen LogP contribution in [0.2, 0.25) is 0 Å². The molecule has 2 aromatic carbocycles. The predicted octanol–water partition coefficient (Wildman–Crippen LogP) is 4.18. The molecule has 0 radical (unpaired) electrons. The molecule has 0 spiro atoms. The highest BCUT2D eigenvalue weighted by Gasteiger charge is 2.55. The van der Waals surface area contributed by atoms with Crippen LogP contribution in [-0.2, 0) is 18.6 Å². The van der Waals surface area contributed by atoms with E-state index < -0.39 is 36.6 Å². The molecule has 0 aromatic heterocycles. The molecule has 2 saturated heterocycles. The smallest absolute Gasteiger partial charge is 0.450 e. The molecule has 8 heteroatoms. The third kappa shape index (κ3) is 3.19. The number of fused-ring (bicyclic) bond motifs is 2. The third-order valence-corrected chi connectivity index (χ3v) is 7.46. The summed E-state index contributed by atoms with van der Waals surface area (Å²) >= 11 is 0. The van der Waals surface area contributed by atoms with Crippen LogP contribution >= 0.6 is 0 Å². The zero-order valence-electron chi connectivity index (χ0n) is 20.1. The number of ether oxygens (including phenoxy) is 2. The predicted molar refractivity (Wildman–Crippen MR) is 124 cm³/mol. The summed E-state index contributed by atoms with van der Waals surface area (Å²) in [5.41, 5.74) is -0.336. The van der Waals surface area contributed by atoms with Gasteiger partial charge in [-0.2, -0.15) is 0 Å². The Morgan fingerprint density at radius 2 is 0.812 bits per heavy atom. The summed E-state index contributed by atoms with van der Waals surface area (Å²) in [6.07, 6.45) is 0. The van der Waals surface area contributed by atoms with E-state index in [2.05, 4.69) is 0 Å². The molecule has 3 aliphatic heterocycles. The Balaban J connectivity index is 1.61. The Bertz CT molecular complexity index is 962. The van der Waals surface area contributed by atoms with Gasteiger partial charge in [-0.25, -0.2) is 0 Å². The molecule has 0 amide bonds. The second kappa shape index (κ2) is 6.76. The average molecular weight is 436 g/mol. The molecule has 0 unspecified atom stereocenters. The second-order valence-electron chi connectivity index (χ2n) is 10.7. The molecule has 168 valence electrons. The maximum Gasteiger partial charge on any atom is 0.498 e. The van der Waals surface area contributed by atoms with E-state index in [9.17, 15) is 0 Å². The SMILES string of the molecule is CC1(C)OB(c2ccc(B3OC(C)(C)C(C)(C)O3)c3c2Oc2ccccc2O3)OC1(C)C. The van der Waals surface area contributed by atoms with E-state index in [1.54, 1.807) is 0 Å². The Hall–Kier alpha value is -1.99. The van der Waals surface area contributed by atoms with Crippen molar-refractivity contribution in [1.29, 1.82) is 0 Å². The lowest BCUT2D eigenvalue weighted by atomic mass is 9.72. The van der Waals surface area contributed by atoms with Crippen molar-refractivity contribution in [2.24, 2.45) is 0 Å². The van der Waals surface area contributed by atoms with Crippen molar-refractivity contribution in [3.8, 4) is 23.0 Å². The molecule has 6 nitrogen and oxygen atoms in total. The number of hydrogen-bond acceptors (Lipinski definition) is 6. The van der Waals surface area contributed by atoms with Crippen molar-refractivity contribution >= 4 is 25.2 Å². The Kier molecular flexibility index (Phi) is 4.61. The topological polar surface area (TPSA) is 55.4 Å². The van der Waals surface area contributed by atoms with E-state index in [1.165, 1.54) is 0 Å². The van der Waals surface area contributed by atoms with Crippen LogP contribution in [0.1, 0.15) is 55.4 Å². The lowest BCUT2D eigenvalue weighted by Gasteiger charge is -2.32. The van der Waals surface area contributed by atoms with Crippen molar-refractivity contribution in [2.45, 2.75) is 77.8 Å². The molecule has 2 fully saturated rings. The van der Waals surface area contributed by atoms with Crippen LogP contribution in [0.25, 0.3) is 0 Å². The fraction of sp³-hybridized carbons (Fsp3) is 0.500. The minimum atomic E-state index is -0.588. The molecule has 0 atom stereocenters. The summed E-state index contributed by atoms with van der Waals surface area (Å²) in [6, 6.07) is 11.5. The molecule has 0 saturated carbocycles. The number of benzene rings is 2. The quantitative estimate of drug-likeness (QED) is 0.562. The average Bonchev–Trinajstić information content (AvgIpc) is 3.04. The van der Waals surface area contributed by atoms with Crippen LogP contribution in [0, 0.1) is 0 Å². The van der Waals surface area contributed by atoms with Gasteiger partial charge in [0, 0.05) is 10.9 Å². The first kappa shape index (κ1) is 21.8. The zero-order valence-corrected chi connectivity index (χ0v) is 20.1. The minimum absolute atomic E-state index is 0.470. The van der Waals surface area contributed by atoms with E-state index in [4.69, 9.17) is 28.1 Å². The standard InChI is InChI=1S/C24H30B2O6/c1-21(2)22(3,4)30-25(29-21)15-13-14-16(26-31-23(5,6)24(7,8)32-26)20-19(15)27-17-11-9-10-12-18(17)28-20/h9-14H,1-8H3. The van der Waals surface area contributed by atoms with Gasteiger partial charge in [-0.15, -0.1) is 0 Å². The highest BCUT2D eigenvalue weighted by Crippen LogP contribution is 2.46. The van der Waals surface area contributed by atoms with E-state index >= 15 is 0 Å². The van der Waals surface area contributed by atoms with E-state index in [1.807, 2.05) is 91.8 Å². The molecule has 5 rings (SSSR count). The van der Waals surface area contributed by atoms with Gasteiger partial charge in [-0.3, -0.25) is 0 Å². The number of hydrogen-bond donors (Lipinski definition) is 0. The summed E-state index contributed by atoms with van der Waals surface area (Å²) in [5, 5.41) is 0. The van der Waals surface area contributed by atoms with Gasteiger partial charge in [0.05, 0.1) is 22.4 Å². The summed E-state index contributed by atoms with van der Waals surface area (Å²) in [4.78, 5) is 0.